The van der Waals surface area contributed by atoms with Gasteiger partial charge in [0.25, 0.3) is 0 Å². The van der Waals surface area contributed by atoms with E-state index < -0.39 is 0 Å². The molecule has 4 atom stereocenters. The molecule has 0 spiro atoms. The highest BCUT2D eigenvalue weighted by molar-refractivity contribution is 5.80. The summed E-state index contributed by atoms with van der Waals surface area (Å²) in [7, 11) is 0. The van der Waals surface area contributed by atoms with Gasteiger partial charge >= 0.3 is 0 Å². The van der Waals surface area contributed by atoms with E-state index in [0.29, 0.717) is 18.0 Å². The SMILES string of the molecule is O=C(NC1CC1)[C@H]1CN2CC[C@@H]1C[C@@H]2Cn1cc(-c2ccccn2)nn1. The van der Waals surface area contributed by atoms with Gasteiger partial charge in [0.15, 0.2) is 0 Å². The molecule has 1 saturated carbocycles. The van der Waals surface area contributed by atoms with Gasteiger partial charge in [0.2, 0.25) is 5.91 Å². The highest BCUT2D eigenvalue weighted by atomic mass is 16.2. The molecule has 6 rings (SSSR count). The summed E-state index contributed by atoms with van der Waals surface area (Å²) in [5, 5.41) is 11.8. The van der Waals surface area contributed by atoms with Crippen molar-refractivity contribution in [3.63, 3.8) is 0 Å². The molecule has 1 amide bonds. The molecule has 3 saturated heterocycles. The van der Waals surface area contributed by atoms with E-state index in [2.05, 4.69) is 25.5 Å². The Hall–Kier alpha value is -2.28. The van der Waals surface area contributed by atoms with E-state index in [-0.39, 0.29) is 11.8 Å². The average molecular weight is 352 g/mol. The highest BCUT2D eigenvalue weighted by Crippen LogP contribution is 2.37. The van der Waals surface area contributed by atoms with E-state index in [0.717, 1.165) is 56.7 Å². The second-order valence-electron chi connectivity index (χ2n) is 7.86. The van der Waals surface area contributed by atoms with E-state index in [9.17, 15) is 4.79 Å². The zero-order valence-electron chi connectivity index (χ0n) is 14.8. The molecule has 2 aromatic heterocycles. The summed E-state index contributed by atoms with van der Waals surface area (Å²) in [6, 6.07) is 6.70. The lowest BCUT2D eigenvalue weighted by Gasteiger charge is -2.49. The number of hydrogen-bond donors (Lipinski definition) is 1. The lowest BCUT2D eigenvalue weighted by atomic mass is 9.75. The number of nitrogens with zero attached hydrogens (tertiary/aromatic N) is 5. The number of piperidine rings is 3. The molecule has 2 bridgehead atoms. The number of carbonyl (C=O) groups excluding carboxylic acids is 1. The second-order valence-corrected chi connectivity index (χ2v) is 7.86. The molecule has 7 nitrogen and oxygen atoms in total. The van der Waals surface area contributed by atoms with Crippen molar-refractivity contribution >= 4 is 5.91 Å². The summed E-state index contributed by atoms with van der Waals surface area (Å²) < 4.78 is 1.93. The Morgan fingerprint density at radius 3 is 2.88 bits per heavy atom. The van der Waals surface area contributed by atoms with Gasteiger partial charge in [-0.2, -0.15) is 0 Å². The van der Waals surface area contributed by atoms with Crippen molar-refractivity contribution in [3.8, 4) is 11.4 Å². The molecule has 4 fully saturated rings. The number of nitrogens with one attached hydrogen (secondary N) is 1. The van der Waals surface area contributed by atoms with Crippen molar-refractivity contribution in [1.29, 1.82) is 0 Å². The first-order valence-corrected chi connectivity index (χ1v) is 9.62. The first-order valence-electron chi connectivity index (χ1n) is 9.62. The number of carbonyl (C=O) groups is 1. The molecule has 3 aliphatic heterocycles. The Bertz CT molecular complexity index is 786. The van der Waals surface area contributed by atoms with Crippen LogP contribution in [0.15, 0.2) is 30.6 Å². The van der Waals surface area contributed by atoms with Crippen LogP contribution >= 0.6 is 0 Å². The summed E-state index contributed by atoms with van der Waals surface area (Å²) in [6.07, 6.45) is 8.26. The standard InChI is InChI=1S/C19H24N6O/c26-19(21-14-4-5-14)16-11-24-8-6-13(16)9-15(24)10-25-12-18(22-23-25)17-3-1-2-7-20-17/h1-3,7,12-16H,4-6,8-11H2,(H,21,26)/t13-,15-,16+/m1/s1. The van der Waals surface area contributed by atoms with Crippen LogP contribution in [0.4, 0.5) is 0 Å². The third kappa shape index (κ3) is 3.11. The Morgan fingerprint density at radius 2 is 2.15 bits per heavy atom. The van der Waals surface area contributed by atoms with Gasteiger partial charge in [-0.3, -0.25) is 19.4 Å². The first kappa shape index (κ1) is 15.9. The maximum atomic E-state index is 12.5. The number of aromatic nitrogens is 4. The van der Waals surface area contributed by atoms with Gasteiger partial charge in [-0.1, -0.05) is 11.3 Å². The number of fused-ring (bicyclic) bond motifs is 3. The Morgan fingerprint density at radius 1 is 1.23 bits per heavy atom. The van der Waals surface area contributed by atoms with Gasteiger partial charge in [0.1, 0.15) is 5.69 Å². The van der Waals surface area contributed by atoms with Crippen LogP contribution in [0.5, 0.6) is 0 Å². The highest BCUT2D eigenvalue weighted by Gasteiger charge is 2.44. The van der Waals surface area contributed by atoms with Crippen molar-refractivity contribution in [2.24, 2.45) is 11.8 Å². The van der Waals surface area contributed by atoms with Gasteiger partial charge in [-0.05, 0) is 50.3 Å². The largest absolute Gasteiger partial charge is 0.353 e. The van der Waals surface area contributed by atoms with Gasteiger partial charge < -0.3 is 5.32 Å². The van der Waals surface area contributed by atoms with E-state index in [1.54, 1.807) is 6.20 Å². The second kappa shape index (κ2) is 6.46. The first-order chi connectivity index (χ1) is 12.8. The maximum Gasteiger partial charge on any atom is 0.224 e. The van der Waals surface area contributed by atoms with E-state index >= 15 is 0 Å². The smallest absolute Gasteiger partial charge is 0.224 e. The summed E-state index contributed by atoms with van der Waals surface area (Å²) in [5.41, 5.74) is 1.66. The van der Waals surface area contributed by atoms with Crippen molar-refractivity contribution < 1.29 is 4.79 Å². The van der Waals surface area contributed by atoms with Gasteiger partial charge in [0, 0.05) is 24.8 Å². The van der Waals surface area contributed by atoms with Crippen LogP contribution < -0.4 is 5.32 Å². The van der Waals surface area contributed by atoms with E-state index in [1.807, 2.05) is 29.1 Å². The number of rotatable bonds is 5. The molecule has 5 heterocycles. The zero-order chi connectivity index (χ0) is 17.5. The molecule has 26 heavy (non-hydrogen) atoms. The van der Waals surface area contributed by atoms with E-state index in [1.165, 1.54) is 0 Å². The molecule has 7 heteroatoms. The summed E-state index contributed by atoms with van der Waals surface area (Å²) in [5.74, 6) is 0.946. The maximum absolute atomic E-state index is 12.5. The van der Waals surface area contributed by atoms with Crippen molar-refractivity contribution in [1.82, 2.24) is 30.2 Å². The minimum absolute atomic E-state index is 0.167. The Kier molecular flexibility index (Phi) is 3.96. The molecule has 136 valence electrons. The average Bonchev–Trinajstić information content (AvgIpc) is 3.38. The van der Waals surface area contributed by atoms with Crippen LogP contribution in [0.1, 0.15) is 25.7 Å². The molecular formula is C19H24N6O. The third-order valence-electron chi connectivity index (χ3n) is 6.00. The Balaban J connectivity index is 1.24. The van der Waals surface area contributed by atoms with Crippen molar-refractivity contribution in [2.45, 2.75) is 44.3 Å². The van der Waals surface area contributed by atoms with Crippen LogP contribution in [0, 0.1) is 11.8 Å². The normalized spacial score (nSPS) is 30.3. The predicted octanol–water partition coefficient (Wildman–Crippen LogP) is 1.33. The molecule has 2 aromatic rings. The van der Waals surface area contributed by atoms with E-state index in [4.69, 9.17) is 0 Å². The molecule has 1 N–H and O–H groups in total. The topological polar surface area (TPSA) is 75.9 Å². The molecule has 1 unspecified atom stereocenters. The number of amides is 1. The molecular weight excluding hydrogens is 328 g/mol. The lowest BCUT2D eigenvalue weighted by molar-refractivity contribution is -0.133. The summed E-state index contributed by atoms with van der Waals surface area (Å²) in [4.78, 5) is 19.3. The fraction of sp³-hybridized carbons (Fsp3) is 0.579. The van der Waals surface area contributed by atoms with Crippen LogP contribution in [0.25, 0.3) is 11.4 Å². The summed E-state index contributed by atoms with van der Waals surface area (Å²) in [6.45, 7) is 2.80. The van der Waals surface area contributed by atoms with Gasteiger partial charge in [-0.25, -0.2) is 0 Å². The minimum Gasteiger partial charge on any atom is -0.353 e. The Labute approximate surface area is 152 Å². The van der Waals surface area contributed by atoms with Crippen LogP contribution in [0.2, 0.25) is 0 Å². The molecule has 0 aromatic carbocycles. The quantitative estimate of drug-likeness (QED) is 0.879. The monoisotopic (exact) mass is 352 g/mol. The molecule has 0 radical (unpaired) electrons. The number of hydrogen-bond acceptors (Lipinski definition) is 5. The van der Waals surface area contributed by atoms with Crippen LogP contribution in [0.3, 0.4) is 0 Å². The summed E-state index contributed by atoms with van der Waals surface area (Å²) >= 11 is 0. The third-order valence-corrected chi connectivity index (χ3v) is 6.00. The van der Waals surface area contributed by atoms with Gasteiger partial charge in [0.05, 0.1) is 24.4 Å². The predicted molar refractivity (Wildman–Crippen MR) is 96.0 cm³/mol. The van der Waals surface area contributed by atoms with Crippen molar-refractivity contribution in [2.75, 3.05) is 13.1 Å². The fourth-order valence-electron chi connectivity index (χ4n) is 4.40. The minimum atomic E-state index is 0.167. The molecule has 4 aliphatic rings. The molecule has 1 aliphatic carbocycles. The van der Waals surface area contributed by atoms with Crippen LogP contribution in [-0.2, 0) is 11.3 Å². The van der Waals surface area contributed by atoms with Crippen LogP contribution in [-0.4, -0.2) is 56.0 Å². The van der Waals surface area contributed by atoms with Crippen molar-refractivity contribution in [3.05, 3.63) is 30.6 Å². The van der Waals surface area contributed by atoms with Gasteiger partial charge in [-0.15, -0.1) is 5.10 Å². The lowest BCUT2D eigenvalue weighted by Crippen LogP contribution is -2.58. The number of pyridine rings is 1. The zero-order valence-corrected chi connectivity index (χ0v) is 14.8. The fourth-order valence-corrected chi connectivity index (χ4v) is 4.40.